The topological polar surface area (TPSA) is 38.7 Å². The monoisotopic (exact) mass is 200 g/mol. The molecule has 1 unspecified atom stereocenters. The third kappa shape index (κ3) is 1.96. The van der Waals surface area contributed by atoms with Gasteiger partial charge in [0, 0.05) is 12.1 Å². The molecule has 1 aromatic carbocycles. The van der Waals surface area contributed by atoms with Gasteiger partial charge in [0.1, 0.15) is 17.3 Å². The van der Waals surface area contributed by atoms with Crippen molar-refractivity contribution >= 4 is 0 Å². The molecule has 1 N–H and O–H groups in total. The molecular formula is C10H13FO3. The first-order chi connectivity index (χ1) is 6.60. The van der Waals surface area contributed by atoms with Gasteiger partial charge in [0.2, 0.25) is 0 Å². The Bertz CT molecular complexity index is 323. The minimum absolute atomic E-state index is 0.147. The standard InChI is InChI=1S/C10H13FO3/c1-6(12)10-8(11)4-7(13-2)5-9(10)14-3/h4-6,12H,1-3H3. The molecule has 0 fully saturated rings. The largest absolute Gasteiger partial charge is 0.497 e. The maximum absolute atomic E-state index is 13.4. The van der Waals surface area contributed by atoms with Gasteiger partial charge in [-0.3, -0.25) is 0 Å². The Labute approximate surface area is 82.1 Å². The van der Waals surface area contributed by atoms with E-state index in [2.05, 4.69) is 0 Å². The van der Waals surface area contributed by atoms with Crippen LogP contribution in [-0.2, 0) is 0 Å². The fourth-order valence-electron chi connectivity index (χ4n) is 1.26. The summed E-state index contributed by atoms with van der Waals surface area (Å²) in [7, 11) is 2.86. The van der Waals surface area contributed by atoms with E-state index < -0.39 is 11.9 Å². The average molecular weight is 200 g/mol. The Hall–Kier alpha value is -1.29. The second-order valence-electron chi connectivity index (χ2n) is 2.90. The van der Waals surface area contributed by atoms with E-state index in [9.17, 15) is 9.50 Å². The van der Waals surface area contributed by atoms with E-state index in [4.69, 9.17) is 9.47 Å². The fourth-order valence-corrected chi connectivity index (χ4v) is 1.26. The summed E-state index contributed by atoms with van der Waals surface area (Å²) in [5.41, 5.74) is 0.147. The minimum Gasteiger partial charge on any atom is -0.497 e. The molecule has 4 heteroatoms. The van der Waals surface area contributed by atoms with Crippen molar-refractivity contribution in [3.8, 4) is 11.5 Å². The highest BCUT2D eigenvalue weighted by atomic mass is 19.1. The van der Waals surface area contributed by atoms with Gasteiger partial charge in [-0.05, 0) is 6.92 Å². The quantitative estimate of drug-likeness (QED) is 0.809. The first-order valence-corrected chi connectivity index (χ1v) is 4.19. The predicted octanol–water partition coefficient (Wildman–Crippen LogP) is 1.90. The van der Waals surface area contributed by atoms with Gasteiger partial charge in [-0.15, -0.1) is 0 Å². The number of hydrogen-bond acceptors (Lipinski definition) is 3. The molecule has 0 aliphatic rings. The second kappa shape index (κ2) is 4.28. The number of rotatable bonds is 3. The summed E-state index contributed by atoms with van der Waals surface area (Å²) in [5.74, 6) is 0.122. The fraction of sp³-hybridized carbons (Fsp3) is 0.400. The molecule has 1 atom stereocenters. The zero-order valence-electron chi connectivity index (χ0n) is 8.37. The molecule has 0 aromatic heterocycles. The Morgan fingerprint density at radius 3 is 2.36 bits per heavy atom. The van der Waals surface area contributed by atoms with Gasteiger partial charge in [0.05, 0.1) is 25.9 Å². The molecule has 0 heterocycles. The van der Waals surface area contributed by atoms with E-state index in [0.717, 1.165) is 0 Å². The van der Waals surface area contributed by atoms with Crippen LogP contribution in [0.1, 0.15) is 18.6 Å². The van der Waals surface area contributed by atoms with E-state index in [-0.39, 0.29) is 11.3 Å². The van der Waals surface area contributed by atoms with E-state index in [0.29, 0.717) is 5.75 Å². The van der Waals surface area contributed by atoms with E-state index in [1.807, 2.05) is 0 Å². The van der Waals surface area contributed by atoms with Gasteiger partial charge in [0.25, 0.3) is 0 Å². The molecule has 0 bridgehead atoms. The number of halogens is 1. The third-order valence-electron chi connectivity index (χ3n) is 1.94. The summed E-state index contributed by atoms with van der Waals surface area (Å²) >= 11 is 0. The van der Waals surface area contributed by atoms with Crippen LogP contribution in [0.25, 0.3) is 0 Å². The van der Waals surface area contributed by atoms with E-state index in [1.54, 1.807) is 0 Å². The van der Waals surface area contributed by atoms with Gasteiger partial charge in [0.15, 0.2) is 0 Å². The van der Waals surface area contributed by atoms with Crippen LogP contribution < -0.4 is 9.47 Å². The minimum atomic E-state index is -0.907. The van der Waals surface area contributed by atoms with Crippen LogP contribution in [-0.4, -0.2) is 19.3 Å². The summed E-state index contributed by atoms with van der Waals surface area (Å²) in [4.78, 5) is 0. The van der Waals surface area contributed by atoms with Gasteiger partial charge in [-0.1, -0.05) is 0 Å². The lowest BCUT2D eigenvalue weighted by atomic mass is 10.1. The molecule has 0 spiro atoms. The average Bonchev–Trinajstić information content (AvgIpc) is 2.15. The first kappa shape index (κ1) is 10.8. The highest BCUT2D eigenvalue weighted by molar-refractivity contribution is 5.42. The van der Waals surface area contributed by atoms with Crippen molar-refractivity contribution in [2.75, 3.05) is 14.2 Å². The Morgan fingerprint density at radius 2 is 1.93 bits per heavy atom. The number of hydrogen-bond donors (Lipinski definition) is 1. The van der Waals surface area contributed by atoms with Crippen LogP contribution in [0.15, 0.2) is 12.1 Å². The highest BCUT2D eigenvalue weighted by Gasteiger charge is 2.16. The molecule has 0 aliphatic heterocycles. The summed E-state index contributed by atoms with van der Waals surface area (Å²) in [5, 5.41) is 9.32. The molecule has 0 saturated carbocycles. The number of benzene rings is 1. The lowest BCUT2D eigenvalue weighted by molar-refractivity contribution is 0.188. The summed E-state index contributed by atoms with van der Waals surface area (Å²) in [6.07, 6.45) is -0.907. The zero-order chi connectivity index (χ0) is 10.7. The molecular weight excluding hydrogens is 187 g/mol. The molecule has 0 radical (unpaired) electrons. The first-order valence-electron chi connectivity index (χ1n) is 4.19. The molecule has 0 amide bonds. The predicted molar refractivity (Wildman–Crippen MR) is 50.1 cm³/mol. The third-order valence-corrected chi connectivity index (χ3v) is 1.94. The van der Waals surface area contributed by atoms with Crippen molar-refractivity contribution in [2.45, 2.75) is 13.0 Å². The van der Waals surface area contributed by atoms with Crippen LogP contribution in [0.3, 0.4) is 0 Å². The SMILES string of the molecule is COc1cc(F)c(C(C)O)c(OC)c1. The molecule has 1 aromatic rings. The Kier molecular flexibility index (Phi) is 3.30. The van der Waals surface area contributed by atoms with Crippen molar-refractivity contribution in [2.24, 2.45) is 0 Å². The van der Waals surface area contributed by atoms with Crippen LogP contribution in [0, 0.1) is 5.82 Å². The maximum Gasteiger partial charge on any atom is 0.136 e. The molecule has 78 valence electrons. The normalized spacial score (nSPS) is 12.4. The van der Waals surface area contributed by atoms with Gasteiger partial charge in [-0.2, -0.15) is 0 Å². The molecule has 0 aliphatic carbocycles. The highest BCUT2D eigenvalue weighted by Crippen LogP contribution is 2.31. The Balaban J connectivity index is 3.27. The van der Waals surface area contributed by atoms with Crippen molar-refractivity contribution in [3.05, 3.63) is 23.5 Å². The van der Waals surface area contributed by atoms with Crippen molar-refractivity contribution < 1.29 is 19.0 Å². The van der Waals surface area contributed by atoms with Gasteiger partial charge < -0.3 is 14.6 Å². The van der Waals surface area contributed by atoms with Gasteiger partial charge in [-0.25, -0.2) is 4.39 Å². The van der Waals surface area contributed by atoms with Crippen LogP contribution in [0.4, 0.5) is 4.39 Å². The maximum atomic E-state index is 13.4. The Morgan fingerprint density at radius 1 is 1.29 bits per heavy atom. The van der Waals surface area contributed by atoms with Gasteiger partial charge >= 0.3 is 0 Å². The number of ether oxygens (including phenoxy) is 2. The summed E-state index contributed by atoms with van der Waals surface area (Å²) in [6.45, 7) is 1.48. The van der Waals surface area contributed by atoms with Crippen molar-refractivity contribution in [3.63, 3.8) is 0 Å². The molecule has 0 saturated heterocycles. The lowest BCUT2D eigenvalue weighted by Crippen LogP contribution is -2.01. The van der Waals surface area contributed by atoms with Crippen molar-refractivity contribution in [1.82, 2.24) is 0 Å². The van der Waals surface area contributed by atoms with E-state index in [1.165, 1.54) is 33.3 Å². The van der Waals surface area contributed by atoms with Crippen LogP contribution in [0.5, 0.6) is 11.5 Å². The number of aliphatic hydroxyl groups is 1. The van der Waals surface area contributed by atoms with Crippen molar-refractivity contribution in [1.29, 1.82) is 0 Å². The molecule has 14 heavy (non-hydrogen) atoms. The second-order valence-corrected chi connectivity index (χ2v) is 2.90. The lowest BCUT2D eigenvalue weighted by Gasteiger charge is -2.13. The number of aliphatic hydroxyl groups excluding tert-OH is 1. The van der Waals surface area contributed by atoms with Crippen LogP contribution >= 0.6 is 0 Å². The van der Waals surface area contributed by atoms with Crippen LogP contribution in [0.2, 0.25) is 0 Å². The molecule has 1 rings (SSSR count). The summed E-state index contributed by atoms with van der Waals surface area (Å²) < 4.78 is 23.2. The number of methoxy groups -OCH3 is 2. The molecule has 3 nitrogen and oxygen atoms in total. The van der Waals surface area contributed by atoms with E-state index >= 15 is 0 Å². The smallest absolute Gasteiger partial charge is 0.136 e. The zero-order valence-corrected chi connectivity index (χ0v) is 8.37. The summed E-state index contributed by atoms with van der Waals surface area (Å²) in [6, 6.07) is 2.75.